The van der Waals surface area contributed by atoms with E-state index in [2.05, 4.69) is 91.2 Å². The molecular formula is C23H29NSi. The summed E-state index contributed by atoms with van der Waals surface area (Å²) >= 11 is 0. The van der Waals surface area contributed by atoms with Crippen LogP contribution in [0.2, 0.25) is 0 Å². The van der Waals surface area contributed by atoms with Crippen LogP contribution < -0.4 is 5.19 Å². The van der Waals surface area contributed by atoms with Gasteiger partial charge in [-0.2, -0.15) is 0 Å². The van der Waals surface area contributed by atoms with E-state index in [-0.39, 0.29) is 0 Å². The van der Waals surface area contributed by atoms with Crippen molar-refractivity contribution in [2.75, 3.05) is 0 Å². The SMILES string of the molecule is CC.CCC.[SiH3]c1ccc(-n2c3ccccc3c3ccccc32)cc1. The average Bonchev–Trinajstić information content (AvgIpc) is 3.00. The van der Waals surface area contributed by atoms with Gasteiger partial charge in [0.05, 0.1) is 11.0 Å². The molecule has 0 saturated carbocycles. The normalized spacial score (nSPS) is 10.1. The van der Waals surface area contributed by atoms with Crippen LogP contribution in [0, 0.1) is 0 Å². The maximum absolute atomic E-state index is 2.35. The zero-order valence-electron chi connectivity index (χ0n) is 16.1. The summed E-state index contributed by atoms with van der Waals surface area (Å²) in [4.78, 5) is 0. The van der Waals surface area contributed by atoms with Gasteiger partial charge >= 0.3 is 0 Å². The van der Waals surface area contributed by atoms with Crippen LogP contribution in [0.4, 0.5) is 0 Å². The summed E-state index contributed by atoms with van der Waals surface area (Å²) in [7, 11) is 1.10. The first kappa shape index (κ1) is 19.0. The van der Waals surface area contributed by atoms with Crippen molar-refractivity contribution >= 4 is 37.2 Å². The fourth-order valence-electron chi connectivity index (χ4n) is 2.89. The Morgan fingerprint density at radius 3 is 1.52 bits per heavy atom. The number of aromatic nitrogens is 1. The Bertz CT molecular complexity index is 867. The average molecular weight is 348 g/mol. The quantitative estimate of drug-likeness (QED) is 0.416. The lowest BCUT2D eigenvalue weighted by Crippen LogP contribution is -2.02. The molecule has 25 heavy (non-hydrogen) atoms. The lowest BCUT2D eigenvalue weighted by atomic mass is 10.2. The van der Waals surface area contributed by atoms with E-state index in [9.17, 15) is 0 Å². The molecule has 4 rings (SSSR count). The lowest BCUT2D eigenvalue weighted by Gasteiger charge is -2.07. The largest absolute Gasteiger partial charge is 0.309 e. The number of hydrogen-bond donors (Lipinski definition) is 0. The third-order valence-electron chi connectivity index (χ3n) is 3.87. The number of rotatable bonds is 1. The smallest absolute Gasteiger partial charge is 0.0541 e. The van der Waals surface area contributed by atoms with Crippen molar-refractivity contribution in [1.82, 2.24) is 4.57 Å². The van der Waals surface area contributed by atoms with Crippen molar-refractivity contribution in [3.8, 4) is 5.69 Å². The Morgan fingerprint density at radius 1 is 0.680 bits per heavy atom. The van der Waals surface area contributed by atoms with E-state index in [0.717, 1.165) is 10.2 Å². The standard InChI is InChI=1S/C18H15NSi.C3H8.C2H6/c20-14-11-9-13(10-12-14)19-17-7-3-1-5-15(17)16-6-2-4-8-18(16)19;1-3-2;1-2/h1-12H,20H3;3H2,1-2H3;1-2H3. The van der Waals surface area contributed by atoms with E-state index in [4.69, 9.17) is 0 Å². The van der Waals surface area contributed by atoms with Gasteiger partial charge in [-0.25, -0.2) is 0 Å². The molecule has 1 heterocycles. The highest BCUT2D eigenvalue weighted by molar-refractivity contribution is 6.32. The second kappa shape index (κ2) is 9.24. The number of nitrogens with zero attached hydrogens (tertiary/aromatic N) is 1. The van der Waals surface area contributed by atoms with E-state index in [0.29, 0.717) is 0 Å². The summed E-state index contributed by atoms with van der Waals surface area (Å²) in [5.74, 6) is 0. The Labute approximate surface area is 154 Å². The fraction of sp³-hybridized carbons (Fsp3) is 0.217. The van der Waals surface area contributed by atoms with Crippen molar-refractivity contribution in [2.24, 2.45) is 0 Å². The molecule has 0 aliphatic carbocycles. The van der Waals surface area contributed by atoms with Crippen LogP contribution in [-0.4, -0.2) is 14.8 Å². The Kier molecular flexibility index (Phi) is 7.02. The molecule has 4 aromatic rings. The van der Waals surface area contributed by atoms with E-state index in [1.807, 2.05) is 13.8 Å². The molecular weight excluding hydrogens is 318 g/mol. The molecule has 0 atom stereocenters. The van der Waals surface area contributed by atoms with Gasteiger partial charge in [0.15, 0.2) is 0 Å². The van der Waals surface area contributed by atoms with Gasteiger partial charge in [0.25, 0.3) is 0 Å². The summed E-state index contributed by atoms with van der Waals surface area (Å²) in [6.45, 7) is 8.25. The zero-order valence-corrected chi connectivity index (χ0v) is 18.1. The van der Waals surface area contributed by atoms with Crippen LogP contribution in [0.1, 0.15) is 34.1 Å². The zero-order chi connectivity index (χ0) is 18.2. The monoisotopic (exact) mass is 347 g/mol. The Morgan fingerprint density at radius 2 is 1.08 bits per heavy atom. The van der Waals surface area contributed by atoms with Gasteiger partial charge in [0.2, 0.25) is 0 Å². The van der Waals surface area contributed by atoms with Crippen LogP contribution in [0.15, 0.2) is 72.8 Å². The molecule has 0 amide bonds. The molecule has 0 aliphatic rings. The summed E-state index contributed by atoms with van der Waals surface area (Å²) in [6, 6.07) is 26.1. The highest BCUT2D eigenvalue weighted by Gasteiger charge is 2.10. The van der Waals surface area contributed by atoms with E-state index in [1.165, 1.54) is 39.1 Å². The number of para-hydroxylation sites is 2. The van der Waals surface area contributed by atoms with Crippen LogP contribution in [-0.2, 0) is 0 Å². The van der Waals surface area contributed by atoms with Crippen molar-refractivity contribution in [3.05, 3.63) is 72.8 Å². The van der Waals surface area contributed by atoms with Crippen molar-refractivity contribution in [2.45, 2.75) is 34.1 Å². The molecule has 2 heteroatoms. The van der Waals surface area contributed by atoms with Crippen LogP contribution in [0.5, 0.6) is 0 Å². The first-order chi connectivity index (χ1) is 12.3. The van der Waals surface area contributed by atoms with Crippen molar-refractivity contribution in [1.29, 1.82) is 0 Å². The molecule has 1 nitrogen and oxygen atoms in total. The minimum Gasteiger partial charge on any atom is -0.309 e. The van der Waals surface area contributed by atoms with Crippen molar-refractivity contribution in [3.63, 3.8) is 0 Å². The molecule has 0 unspecified atom stereocenters. The first-order valence-electron chi connectivity index (χ1n) is 9.31. The Hall–Kier alpha value is -2.32. The molecule has 0 N–H and O–H groups in total. The lowest BCUT2D eigenvalue weighted by molar-refractivity contribution is 1.09. The van der Waals surface area contributed by atoms with Gasteiger partial charge in [-0.1, -0.05) is 87.8 Å². The summed E-state index contributed by atoms with van der Waals surface area (Å²) in [6.07, 6.45) is 1.25. The molecule has 3 aromatic carbocycles. The van der Waals surface area contributed by atoms with Crippen LogP contribution in [0.25, 0.3) is 27.5 Å². The number of hydrogen-bond acceptors (Lipinski definition) is 0. The summed E-state index contributed by atoms with van der Waals surface area (Å²) in [5.41, 5.74) is 3.78. The molecule has 0 fully saturated rings. The maximum Gasteiger partial charge on any atom is 0.0541 e. The molecule has 0 spiro atoms. The molecule has 0 saturated heterocycles. The van der Waals surface area contributed by atoms with Gasteiger partial charge in [-0.15, -0.1) is 0 Å². The van der Waals surface area contributed by atoms with Gasteiger partial charge in [-0.05, 0) is 24.3 Å². The summed E-state index contributed by atoms with van der Waals surface area (Å²) < 4.78 is 2.35. The third-order valence-corrected chi connectivity index (χ3v) is 4.54. The second-order valence-corrected chi connectivity index (χ2v) is 7.07. The molecule has 1 aromatic heterocycles. The van der Waals surface area contributed by atoms with E-state index < -0.39 is 0 Å². The molecule has 0 aliphatic heterocycles. The predicted molar refractivity (Wildman–Crippen MR) is 118 cm³/mol. The van der Waals surface area contributed by atoms with Crippen LogP contribution >= 0.6 is 0 Å². The molecule has 130 valence electrons. The number of benzene rings is 3. The van der Waals surface area contributed by atoms with Gasteiger partial charge in [-0.3, -0.25) is 0 Å². The molecule has 0 radical (unpaired) electrons. The van der Waals surface area contributed by atoms with Gasteiger partial charge in [0, 0.05) is 26.7 Å². The minimum atomic E-state index is 1.10. The highest BCUT2D eigenvalue weighted by Crippen LogP contribution is 2.31. The third kappa shape index (κ3) is 4.02. The van der Waals surface area contributed by atoms with Crippen LogP contribution in [0.3, 0.4) is 0 Å². The fourth-order valence-corrected chi connectivity index (χ4v) is 3.23. The van der Waals surface area contributed by atoms with Gasteiger partial charge in [0.1, 0.15) is 0 Å². The van der Waals surface area contributed by atoms with E-state index >= 15 is 0 Å². The van der Waals surface area contributed by atoms with E-state index in [1.54, 1.807) is 0 Å². The van der Waals surface area contributed by atoms with Crippen molar-refractivity contribution < 1.29 is 0 Å². The predicted octanol–water partition coefficient (Wildman–Crippen LogP) is 5.22. The maximum atomic E-state index is 2.35. The molecule has 0 bridgehead atoms. The highest BCUT2D eigenvalue weighted by atomic mass is 28.1. The number of fused-ring (bicyclic) bond motifs is 3. The van der Waals surface area contributed by atoms with Gasteiger partial charge < -0.3 is 4.57 Å². The Balaban J connectivity index is 0.000000410. The topological polar surface area (TPSA) is 4.93 Å². The second-order valence-electron chi connectivity index (χ2n) is 5.91. The first-order valence-corrected chi connectivity index (χ1v) is 10.3. The summed E-state index contributed by atoms with van der Waals surface area (Å²) in [5, 5.41) is 4.06. The minimum absolute atomic E-state index is 1.10.